The predicted octanol–water partition coefficient (Wildman–Crippen LogP) is 3.86. The number of epoxide rings is 1. The molecule has 2 fully saturated rings. The number of amides is 2. The number of benzene rings is 1. The van der Waals surface area contributed by atoms with Gasteiger partial charge in [-0.25, -0.2) is 4.79 Å². The number of aliphatic hydroxyl groups is 1. The fraction of sp³-hybridized carbons (Fsp3) is 0.545. The Labute approximate surface area is 269 Å². The van der Waals surface area contributed by atoms with Crippen LogP contribution in [0.5, 0.6) is 5.75 Å². The Morgan fingerprint density at radius 1 is 1.29 bits per heavy atom. The lowest BCUT2D eigenvalue weighted by molar-refractivity contribution is -0.142. The van der Waals surface area contributed by atoms with E-state index in [2.05, 4.69) is 10.6 Å². The van der Waals surface area contributed by atoms with Gasteiger partial charge in [-0.15, -0.1) is 0 Å². The molecule has 45 heavy (non-hydrogen) atoms. The molecule has 0 radical (unpaired) electrons. The molecule has 3 N–H and O–H groups in total. The van der Waals surface area contributed by atoms with Gasteiger partial charge in [0.15, 0.2) is 11.5 Å². The van der Waals surface area contributed by atoms with Crippen LogP contribution in [0.2, 0.25) is 5.02 Å². The fourth-order valence-electron chi connectivity index (χ4n) is 6.01. The summed E-state index contributed by atoms with van der Waals surface area (Å²) in [5.74, 6) is -0.524. The standard InChI is InChI=1S/C33H44ClN3O8/c1-18-10-9-11-27(43-8)33(41)17-26(44-31(40)36-33)19(2)30-32(4,45-30)22(15-24(38)20(3)35-5)16-28(39)37(6)23-13-21(12-18)14-25(42-7)29(23)34/h9-11,13-15,19-20,26-27,30,35,41H,12,16-17H2,1-8H3,(H,36,40)/b11-9+,18-10+,22-15+/t19-,20+,26+,27-,30+,32+,33+/m1/s1. The third-order valence-corrected chi connectivity index (χ3v) is 9.46. The molecule has 0 unspecified atom stereocenters. The van der Waals surface area contributed by atoms with Crippen molar-refractivity contribution in [2.45, 2.75) is 82.6 Å². The number of ether oxygens (including phenoxy) is 4. The first-order valence-electron chi connectivity index (χ1n) is 15.0. The molecule has 4 bridgehead atoms. The number of halogens is 1. The minimum absolute atomic E-state index is 0.0158. The number of likely N-dealkylation sites (N-methyl/N-ethyl adjacent to an activating group) is 1. The van der Waals surface area contributed by atoms with Crippen molar-refractivity contribution in [2.24, 2.45) is 5.92 Å². The quantitative estimate of drug-likeness (QED) is 0.322. The summed E-state index contributed by atoms with van der Waals surface area (Å²) in [5, 5.41) is 17.4. The number of fused-ring (bicyclic) bond motifs is 5. The van der Waals surface area contributed by atoms with E-state index in [0.29, 0.717) is 23.4 Å². The first-order valence-corrected chi connectivity index (χ1v) is 15.4. The van der Waals surface area contributed by atoms with Gasteiger partial charge in [-0.1, -0.05) is 42.3 Å². The minimum Gasteiger partial charge on any atom is -0.495 e. The van der Waals surface area contributed by atoms with Crippen LogP contribution in [0.3, 0.4) is 0 Å². The van der Waals surface area contributed by atoms with E-state index in [1.165, 1.54) is 25.2 Å². The molecular weight excluding hydrogens is 602 g/mol. The van der Waals surface area contributed by atoms with Crippen molar-refractivity contribution in [1.82, 2.24) is 10.6 Å². The summed E-state index contributed by atoms with van der Waals surface area (Å²) in [7, 11) is 6.28. The van der Waals surface area contributed by atoms with Crippen molar-refractivity contribution in [3.05, 3.63) is 58.2 Å². The number of anilines is 1. The highest BCUT2D eigenvalue weighted by Gasteiger charge is 2.61. The van der Waals surface area contributed by atoms with Crippen LogP contribution in [0.4, 0.5) is 10.5 Å². The van der Waals surface area contributed by atoms with E-state index >= 15 is 0 Å². The number of nitrogens with zero attached hydrogens (tertiary/aromatic N) is 1. The minimum atomic E-state index is -1.76. The zero-order valence-corrected chi connectivity index (χ0v) is 27.9. The average molecular weight is 646 g/mol. The molecule has 1 aromatic carbocycles. The van der Waals surface area contributed by atoms with Gasteiger partial charge < -0.3 is 34.3 Å². The van der Waals surface area contributed by atoms with Gasteiger partial charge in [0.2, 0.25) is 5.91 Å². The third-order valence-electron chi connectivity index (χ3n) is 9.08. The van der Waals surface area contributed by atoms with E-state index in [9.17, 15) is 19.5 Å². The lowest BCUT2D eigenvalue weighted by Crippen LogP contribution is -2.63. The SMILES string of the molecule is CN[C@@H](C)C(=O)/C=C1\CC(=O)N(C)c2cc(cc(OC)c2Cl)C/C(C)=C/C=C/[C@@H](OC)[C@@]2(O)C[C@H](OC(=O)N2)[C@@H](C)[C@@H]2O[C@@]12C. The van der Waals surface area contributed by atoms with E-state index in [1.807, 2.05) is 39.0 Å². The highest BCUT2D eigenvalue weighted by molar-refractivity contribution is 6.35. The number of hydrogen-bond acceptors (Lipinski definition) is 9. The van der Waals surface area contributed by atoms with Crippen molar-refractivity contribution in [1.29, 1.82) is 0 Å². The van der Waals surface area contributed by atoms with Gasteiger partial charge in [-0.3, -0.25) is 14.9 Å². The van der Waals surface area contributed by atoms with Gasteiger partial charge in [0.05, 0.1) is 31.4 Å². The number of allylic oxidation sites excluding steroid dienone is 3. The van der Waals surface area contributed by atoms with Crippen LogP contribution in [0.15, 0.2) is 47.6 Å². The van der Waals surface area contributed by atoms with Crippen molar-refractivity contribution in [3.8, 4) is 5.75 Å². The number of methoxy groups -OCH3 is 2. The van der Waals surface area contributed by atoms with Crippen LogP contribution in [0.25, 0.3) is 0 Å². The molecule has 12 heteroatoms. The molecule has 4 rings (SSSR count). The van der Waals surface area contributed by atoms with Crippen LogP contribution in [0.1, 0.15) is 46.1 Å². The zero-order valence-electron chi connectivity index (χ0n) is 27.1. The van der Waals surface area contributed by atoms with Gasteiger partial charge >= 0.3 is 6.09 Å². The zero-order chi connectivity index (χ0) is 33.3. The number of alkyl carbamates (subject to hydrolysis) is 1. The molecule has 2 amide bonds. The van der Waals surface area contributed by atoms with Crippen molar-refractivity contribution in [3.63, 3.8) is 0 Å². The van der Waals surface area contributed by atoms with Crippen molar-refractivity contribution >= 4 is 35.1 Å². The van der Waals surface area contributed by atoms with Crippen LogP contribution in [0, 0.1) is 5.92 Å². The molecule has 7 atom stereocenters. The number of nitrogens with one attached hydrogen (secondary N) is 2. The number of hydrogen-bond donors (Lipinski definition) is 3. The molecule has 11 nitrogen and oxygen atoms in total. The van der Waals surface area contributed by atoms with E-state index < -0.39 is 47.7 Å². The Morgan fingerprint density at radius 3 is 2.64 bits per heavy atom. The molecule has 0 aliphatic carbocycles. The van der Waals surface area contributed by atoms with Crippen molar-refractivity contribution in [2.75, 3.05) is 33.2 Å². The third kappa shape index (κ3) is 7.28. The second kappa shape index (κ2) is 13.6. The van der Waals surface area contributed by atoms with Gasteiger partial charge in [0.25, 0.3) is 0 Å². The van der Waals surface area contributed by atoms with Gasteiger partial charge in [-0.2, -0.15) is 0 Å². The first-order chi connectivity index (χ1) is 21.2. The lowest BCUT2D eigenvalue weighted by Gasteiger charge is -2.42. The molecule has 3 aliphatic rings. The highest BCUT2D eigenvalue weighted by Crippen LogP contribution is 2.50. The average Bonchev–Trinajstić information content (AvgIpc) is 3.69. The smallest absolute Gasteiger partial charge is 0.409 e. The number of carbonyl (C=O) groups excluding carboxylic acids is 3. The highest BCUT2D eigenvalue weighted by atomic mass is 35.5. The molecular formula is C33H44ClN3O8. The molecule has 1 aromatic rings. The summed E-state index contributed by atoms with van der Waals surface area (Å²) in [6, 6.07) is 3.17. The maximum Gasteiger partial charge on any atom is 0.409 e. The Morgan fingerprint density at radius 2 is 2.00 bits per heavy atom. The molecule has 0 spiro atoms. The molecule has 246 valence electrons. The molecule has 2 saturated heterocycles. The predicted molar refractivity (Wildman–Crippen MR) is 170 cm³/mol. The summed E-state index contributed by atoms with van der Waals surface area (Å²) in [6.45, 7) is 7.35. The van der Waals surface area contributed by atoms with Crippen LogP contribution < -0.4 is 20.3 Å². The maximum absolute atomic E-state index is 13.9. The summed E-state index contributed by atoms with van der Waals surface area (Å²) in [5.41, 5.74) is -0.0108. The largest absolute Gasteiger partial charge is 0.495 e. The fourth-order valence-corrected chi connectivity index (χ4v) is 6.32. The summed E-state index contributed by atoms with van der Waals surface area (Å²) in [6.07, 6.45) is 4.24. The summed E-state index contributed by atoms with van der Waals surface area (Å²) >= 11 is 6.71. The van der Waals surface area contributed by atoms with E-state index in [1.54, 1.807) is 33.2 Å². The second-order valence-corrected chi connectivity index (χ2v) is 12.7. The summed E-state index contributed by atoms with van der Waals surface area (Å²) in [4.78, 5) is 41.2. The Bertz CT molecular complexity index is 1430. The van der Waals surface area contributed by atoms with E-state index in [0.717, 1.165) is 11.1 Å². The molecule has 3 aliphatic heterocycles. The van der Waals surface area contributed by atoms with Gasteiger partial charge in [0.1, 0.15) is 28.6 Å². The number of carbonyl (C=O) groups is 3. The molecule has 0 saturated carbocycles. The number of ketones is 1. The van der Waals surface area contributed by atoms with Crippen molar-refractivity contribution < 1.29 is 38.4 Å². The van der Waals surface area contributed by atoms with Crippen LogP contribution in [-0.4, -0.2) is 86.9 Å². The van der Waals surface area contributed by atoms with E-state index in [4.69, 9.17) is 30.5 Å². The van der Waals surface area contributed by atoms with Gasteiger partial charge in [-0.05, 0) is 63.6 Å². The maximum atomic E-state index is 13.9. The summed E-state index contributed by atoms with van der Waals surface area (Å²) < 4.78 is 23.0. The second-order valence-electron chi connectivity index (χ2n) is 12.3. The van der Waals surface area contributed by atoms with Crippen LogP contribution >= 0.6 is 11.6 Å². The Balaban J connectivity index is 1.83. The monoisotopic (exact) mass is 645 g/mol. The molecule has 3 heterocycles. The van der Waals surface area contributed by atoms with E-state index in [-0.39, 0.29) is 29.6 Å². The lowest BCUT2D eigenvalue weighted by atomic mass is 9.82. The molecule has 0 aromatic heterocycles. The van der Waals surface area contributed by atoms with Gasteiger partial charge in [0, 0.05) is 26.5 Å². The topological polar surface area (TPSA) is 139 Å². The Hall–Kier alpha value is -3.22. The van der Waals surface area contributed by atoms with Crippen LogP contribution in [-0.2, 0) is 30.2 Å². The number of rotatable bonds is 5. The Kier molecular flexibility index (Phi) is 10.5. The first kappa shape index (κ1) is 34.6. The normalized spacial score (nSPS) is 34.1.